The van der Waals surface area contributed by atoms with E-state index < -0.39 is 22.0 Å². The number of para-hydroxylation sites is 1. The zero-order chi connectivity index (χ0) is 22.4. The number of nitrogens with zero attached hydrogens (tertiary/aromatic N) is 1. The van der Waals surface area contributed by atoms with Gasteiger partial charge in [0, 0.05) is 24.1 Å². The highest BCUT2D eigenvalue weighted by Crippen LogP contribution is 2.31. The SMILES string of the molecule is COc1cccc(CCOC(=O)[C@@H]2CCCN2S(=O)(=O)c2ccc(C=O)cc2)c1OC. The molecule has 3 rings (SSSR count). The van der Waals surface area contributed by atoms with Crippen LogP contribution in [0.3, 0.4) is 0 Å². The number of hydrogen-bond acceptors (Lipinski definition) is 7. The number of aldehydes is 1. The molecule has 1 saturated heterocycles. The first-order chi connectivity index (χ1) is 14.9. The van der Waals surface area contributed by atoms with Crippen molar-refractivity contribution in [2.24, 2.45) is 0 Å². The number of benzene rings is 2. The molecule has 1 aliphatic heterocycles. The van der Waals surface area contributed by atoms with Crippen molar-refractivity contribution in [2.75, 3.05) is 27.4 Å². The minimum atomic E-state index is -3.87. The van der Waals surface area contributed by atoms with Crippen molar-refractivity contribution in [1.82, 2.24) is 4.31 Å². The minimum Gasteiger partial charge on any atom is -0.493 e. The Hall–Kier alpha value is -2.91. The summed E-state index contributed by atoms with van der Waals surface area (Å²) in [4.78, 5) is 23.5. The van der Waals surface area contributed by atoms with Crippen LogP contribution in [-0.2, 0) is 26.0 Å². The van der Waals surface area contributed by atoms with Crippen LogP contribution in [0.4, 0.5) is 0 Å². The van der Waals surface area contributed by atoms with E-state index in [4.69, 9.17) is 14.2 Å². The molecule has 2 aromatic carbocycles. The van der Waals surface area contributed by atoms with Gasteiger partial charge in [-0.05, 0) is 31.0 Å². The van der Waals surface area contributed by atoms with Crippen LogP contribution in [0.1, 0.15) is 28.8 Å². The lowest BCUT2D eigenvalue weighted by molar-refractivity contribution is -0.147. The second-order valence-electron chi connectivity index (χ2n) is 7.03. The van der Waals surface area contributed by atoms with E-state index in [9.17, 15) is 18.0 Å². The number of methoxy groups -OCH3 is 2. The van der Waals surface area contributed by atoms with E-state index in [0.717, 1.165) is 5.56 Å². The molecule has 0 aliphatic carbocycles. The van der Waals surface area contributed by atoms with Gasteiger partial charge in [0.05, 0.1) is 25.7 Å². The van der Waals surface area contributed by atoms with E-state index in [2.05, 4.69) is 0 Å². The highest BCUT2D eigenvalue weighted by Gasteiger charge is 2.40. The lowest BCUT2D eigenvalue weighted by Gasteiger charge is -2.23. The smallest absolute Gasteiger partial charge is 0.324 e. The monoisotopic (exact) mass is 447 g/mol. The number of hydrogen-bond donors (Lipinski definition) is 0. The maximum Gasteiger partial charge on any atom is 0.324 e. The van der Waals surface area contributed by atoms with Gasteiger partial charge >= 0.3 is 5.97 Å². The van der Waals surface area contributed by atoms with Gasteiger partial charge in [0.15, 0.2) is 11.5 Å². The van der Waals surface area contributed by atoms with Gasteiger partial charge in [0.2, 0.25) is 10.0 Å². The fraction of sp³-hybridized carbons (Fsp3) is 0.364. The quantitative estimate of drug-likeness (QED) is 0.430. The Morgan fingerprint density at radius 3 is 2.52 bits per heavy atom. The van der Waals surface area contributed by atoms with Crippen LogP contribution in [0.25, 0.3) is 0 Å². The normalized spacial score (nSPS) is 16.6. The molecule has 0 aromatic heterocycles. The largest absolute Gasteiger partial charge is 0.493 e. The van der Waals surface area contributed by atoms with Crippen LogP contribution < -0.4 is 9.47 Å². The van der Waals surface area contributed by atoms with Gasteiger partial charge in [0.25, 0.3) is 0 Å². The van der Waals surface area contributed by atoms with Crippen LogP contribution in [0.5, 0.6) is 11.5 Å². The summed E-state index contributed by atoms with van der Waals surface area (Å²) < 4.78 is 43.2. The lowest BCUT2D eigenvalue weighted by atomic mass is 10.1. The Morgan fingerprint density at radius 2 is 1.87 bits per heavy atom. The summed E-state index contributed by atoms with van der Waals surface area (Å²) in [6, 6.07) is 10.2. The third-order valence-electron chi connectivity index (χ3n) is 5.20. The Bertz CT molecular complexity index is 1030. The molecule has 9 heteroatoms. The number of ether oxygens (including phenoxy) is 3. The minimum absolute atomic E-state index is 0.0407. The standard InChI is InChI=1S/C22H25NO7S/c1-28-20-7-3-5-17(21(20)29-2)12-14-30-22(25)19-6-4-13-23(19)31(26,27)18-10-8-16(15-24)9-11-18/h3,5,7-11,15,19H,4,6,12-14H2,1-2H3/t19-/m0/s1. The molecule has 0 bridgehead atoms. The summed E-state index contributed by atoms with van der Waals surface area (Å²) in [5, 5.41) is 0. The van der Waals surface area contributed by atoms with Gasteiger partial charge in [-0.2, -0.15) is 4.31 Å². The molecule has 0 spiro atoms. The molecule has 8 nitrogen and oxygen atoms in total. The summed E-state index contributed by atoms with van der Waals surface area (Å²) in [6.07, 6.45) is 2.00. The van der Waals surface area contributed by atoms with Gasteiger partial charge in [-0.1, -0.05) is 24.3 Å². The first kappa shape index (κ1) is 22.8. The molecule has 1 aliphatic rings. The predicted octanol–water partition coefficient (Wildman–Crippen LogP) is 2.46. The van der Waals surface area contributed by atoms with Crippen molar-refractivity contribution < 1.29 is 32.2 Å². The van der Waals surface area contributed by atoms with Gasteiger partial charge < -0.3 is 14.2 Å². The third kappa shape index (κ3) is 4.88. The fourth-order valence-electron chi connectivity index (χ4n) is 3.63. The molecule has 2 aromatic rings. The molecule has 1 atom stereocenters. The van der Waals surface area contributed by atoms with Crippen molar-refractivity contribution in [3.63, 3.8) is 0 Å². The molecule has 166 valence electrons. The number of carbonyl (C=O) groups is 2. The Labute approximate surface area is 181 Å². The molecule has 1 heterocycles. The maximum absolute atomic E-state index is 13.0. The maximum atomic E-state index is 13.0. The van der Waals surface area contributed by atoms with Crippen molar-refractivity contribution in [2.45, 2.75) is 30.2 Å². The molecule has 0 amide bonds. The van der Waals surface area contributed by atoms with Crippen molar-refractivity contribution >= 4 is 22.3 Å². The summed E-state index contributed by atoms with van der Waals surface area (Å²) in [7, 11) is -0.792. The highest BCUT2D eigenvalue weighted by atomic mass is 32.2. The topological polar surface area (TPSA) is 99.2 Å². The molecule has 1 fully saturated rings. The summed E-state index contributed by atoms with van der Waals surface area (Å²) >= 11 is 0. The van der Waals surface area contributed by atoms with Crippen LogP contribution in [0, 0.1) is 0 Å². The van der Waals surface area contributed by atoms with Crippen LogP contribution in [0.2, 0.25) is 0 Å². The van der Waals surface area contributed by atoms with Crippen molar-refractivity contribution in [3.8, 4) is 11.5 Å². The molecular weight excluding hydrogens is 422 g/mol. The number of rotatable bonds is 9. The Balaban J connectivity index is 1.67. The average molecular weight is 448 g/mol. The van der Waals surface area contributed by atoms with Crippen LogP contribution in [-0.4, -0.2) is 58.4 Å². The highest BCUT2D eigenvalue weighted by molar-refractivity contribution is 7.89. The van der Waals surface area contributed by atoms with Crippen molar-refractivity contribution in [3.05, 3.63) is 53.6 Å². The molecule has 31 heavy (non-hydrogen) atoms. The van der Waals surface area contributed by atoms with E-state index in [-0.39, 0.29) is 18.0 Å². The van der Waals surface area contributed by atoms with Gasteiger partial charge in [-0.25, -0.2) is 8.42 Å². The zero-order valence-corrected chi connectivity index (χ0v) is 18.3. The van der Waals surface area contributed by atoms with E-state index in [1.54, 1.807) is 13.2 Å². The van der Waals surface area contributed by atoms with Crippen LogP contribution in [0.15, 0.2) is 47.4 Å². The molecule has 0 saturated carbocycles. The van der Waals surface area contributed by atoms with Crippen molar-refractivity contribution in [1.29, 1.82) is 0 Å². The molecule has 0 N–H and O–H groups in total. The number of esters is 1. The first-order valence-corrected chi connectivity index (χ1v) is 11.3. The van der Waals surface area contributed by atoms with Gasteiger partial charge in [-0.3, -0.25) is 9.59 Å². The second-order valence-corrected chi connectivity index (χ2v) is 8.92. The van der Waals surface area contributed by atoms with E-state index in [0.29, 0.717) is 42.6 Å². The summed E-state index contributed by atoms with van der Waals surface area (Å²) in [6.45, 7) is 0.321. The summed E-state index contributed by atoms with van der Waals surface area (Å²) in [5.74, 6) is 0.581. The molecule has 0 radical (unpaired) electrons. The summed E-state index contributed by atoms with van der Waals surface area (Å²) in [5.41, 5.74) is 1.20. The fourth-order valence-corrected chi connectivity index (χ4v) is 5.27. The first-order valence-electron chi connectivity index (χ1n) is 9.86. The van der Waals surface area contributed by atoms with Crippen LogP contribution >= 0.6 is 0 Å². The number of sulfonamides is 1. The van der Waals surface area contributed by atoms with E-state index in [1.807, 2.05) is 12.1 Å². The Kier molecular flexibility index (Phi) is 7.29. The van der Waals surface area contributed by atoms with E-state index >= 15 is 0 Å². The zero-order valence-electron chi connectivity index (χ0n) is 17.4. The average Bonchev–Trinajstić information content (AvgIpc) is 3.30. The second kappa shape index (κ2) is 9.93. The van der Waals surface area contributed by atoms with Gasteiger partial charge in [0.1, 0.15) is 12.3 Å². The molecule has 0 unspecified atom stereocenters. The van der Waals surface area contributed by atoms with E-state index in [1.165, 1.54) is 35.7 Å². The lowest BCUT2D eigenvalue weighted by Crippen LogP contribution is -2.41. The predicted molar refractivity (Wildman–Crippen MR) is 113 cm³/mol. The molecular formula is C22H25NO7S. The van der Waals surface area contributed by atoms with Gasteiger partial charge in [-0.15, -0.1) is 0 Å². The Morgan fingerprint density at radius 1 is 1.13 bits per heavy atom. The third-order valence-corrected chi connectivity index (χ3v) is 7.12. The number of carbonyl (C=O) groups excluding carboxylic acids is 2.